The number of carbonyl (C=O) groups excluding carboxylic acids is 2. The maximum atomic E-state index is 12.6. The zero-order chi connectivity index (χ0) is 22.9. The van der Waals surface area contributed by atoms with E-state index in [0.29, 0.717) is 10.6 Å². The third-order valence-electron chi connectivity index (χ3n) is 4.29. The van der Waals surface area contributed by atoms with E-state index in [9.17, 15) is 14.7 Å². The highest BCUT2D eigenvalue weighted by Crippen LogP contribution is 2.33. The quantitative estimate of drug-likeness (QED) is 0.373. The van der Waals surface area contributed by atoms with Gasteiger partial charge in [-0.3, -0.25) is 9.59 Å². The first kappa shape index (κ1) is 23.4. The number of phenolic OH excluding ortho intramolecular Hbond substituents is 1. The number of carbonyl (C=O) groups is 2. The van der Waals surface area contributed by atoms with Crippen LogP contribution < -0.4 is 10.6 Å². The second-order valence-corrected chi connectivity index (χ2v) is 8.13. The first-order chi connectivity index (χ1) is 15.5. The molecule has 0 aliphatic carbocycles. The highest BCUT2D eigenvalue weighted by molar-refractivity contribution is 7.99. The fraction of sp³-hybridized carbons (Fsp3) is 0.0833. The summed E-state index contributed by atoms with van der Waals surface area (Å²) in [7, 11) is 0. The number of aromatic hydroxyl groups is 1. The molecule has 2 amide bonds. The van der Waals surface area contributed by atoms with Crippen LogP contribution in [0.3, 0.4) is 0 Å². The first-order valence-electron chi connectivity index (χ1n) is 9.70. The van der Waals surface area contributed by atoms with Gasteiger partial charge in [0, 0.05) is 16.3 Å². The van der Waals surface area contributed by atoms with Gasteiger partial charge in [-0.1, -0.05) is 59.8 Å². The van der Waals surface area contributed by atoms with Gasteiger partial charge in [-0.15, -0.1) is 0 Å². The van der Waals surface area contributed by atoms with E-state index in [4.69, 9.17) is 16.7 Å². The monoisotopic (exact) mass is 468 g/mol. The lowest BCUT2D eigenvalue weighted by atomic mass is 10.1. The van der Waals surface area contributed by atoms with Gasteiger partial charge in [-0.2, -0.15) is 0 Å². The van der Waals surface area contributed by atoms with Gasteiger partial charge in [0.05, 0.1) is 17.2 Å². The van der Waals surface area contributed by atoms with Crippen LogP contribution >= 0.6 is 23.4 Å². The Hall–Kier alpha value is -3.26. The van der Waals surface area contributed by atoms with E-state index in [-0.39, 0.29) is 30.2 Å². The highest BCUT2D eigenvalue weighted by atomic mass is 35.5. The van der Waals surface area contributed by atoms with Gasteiger partial charge in [-0.05, 0) is 48.0 Å². The SMILES string of the molecule is O=C(NCCO)/C(=C/c1ccc(Sc2ccccc2Cl)cc1)NC(=O)c1ccccc1O. The third-order valence-corrected chi connectivity index (χ3v) is 5.82. The summed E-state index contributed by atoms with van der Waals surface area (Å²) in [6.45, 7) is -0.198. The molecule has 0 atom stereocenters. The van der Waals surface area contributed by atoms with Crippen molar-refractivity contribution in [2.75, 3.05) is 13.2 Å². The fourth-order valence-corrected chi connectivity index (χ4v) is 3.82. The van der Waals surface area contributed by atoms with Gasteiger partial charge in [0.25, 0.3) is 11.8 Å². The lowest BCUT2D eigenvalue weighted by Gasteiger charge is -2.11. The highest BCUT2D eigenvalue weighted by Gasteiger charge is 2.16. The number of halogens is 1. The number of amides is 2. The maximum Gasteiger partial charge on any atom is 0.267 e. The number of hydrogen-bond acceptors (Lipinski definition) is 5. The smallest absolute Gasteiger partial charge is 0.267 e. The number of nitrogens with one attached hydrogen (secondary N) is 2. The molecule has 0 unspecified atom stereocenters. The molecule has 3 aromatic carbocycles. The molecule has 0 fully saturated rings. The second kappa shape index (κ2) is 11.4. The van der Waals surface area contributed by atoms with Crippen LogP contribution in [0.15, 0.2) is 88.3 Å². The summed E-state index contributed by atoms with van der Waals surface area (Å²) < 4.78 is 0. The number of para-hydroxylation sites is 1. The summed E-state index contributed by atoms with van der Waals surface area (Å²) in [5.74, 6) is -1.38. The molecule has 0 aliphatic rings. The predicted molar refractivity (Wildman–Crippen MR) is 126 cm³/mol. The van der Waals surface area contributed by atoms with Crippen molar-refractivity contribution < 1.29 is 19.8 Å². The molecule has 0 heterocycles. The Morgan fingerprint density at radius 3 is 2.34 bits per heavy atom. The van der Waals surface area contributed by atoms with Crippen molar-refractivity contribution in [3.63, 3.8) is 0 Å². The Labute approximate surface area is 194 Å². The number of aliphatic hydroxyl groups excluding tert-OH is 1. The van der Waals surface area contributed by atoms with Crippen LogP contribution in [0.25, 0.3) is 6.08 Å². The summed E-state index contributed by atoms with van der Waals surface area (Å²) in [6, 6.07) is 21.0. The standard InChI is InChI=1S/C24H21ClN2O4S/c25-19-6-2-4-8-22(19)32-17-11-9-16(10-12-17)15-20(24(31)26-13-14-28)27-23(30)18-5-1-3-7-21(18)29/h1-12,15,28-29H,13-14H2,(H,26,31)(H,27,30)/b20-15-. The van der Waals surface area contributed by atoms with Crippen LogP contribution in [0.5, 0.6) is 5.75 Å². The second-order valence-electron chi connectivity index (χ2n) is 6.61. The first-order valence-corrected chi connectivity index (χ1v) is 10.9. The van der Waals surface area contributed by atoms with Crippen molar-refractivity contribution in [1.29, 1.82) is 0 Å². The average molecular weight is 469 g/mol. The van der Waals surface area contributed by atoms with E-state index in [2.05, 4.69) is 10.6 Å². The van der Waals surface area contributed by atoms with Crippen LogP contribution in [-0.4, -0.2) is 35.2 Å². The fourth-order valence-electron chi connectivity index (χ4n) is 2.73. The van der Waals surface area contributed by atoms with Crippen molar-refractivity contribution in [3.05, 3.63) is 94.6 Å². The molecule has 0 bridgehead atoms. The Bertz CT molecular complexity index is 1130. The van der Waals surface area contributed by atoms with Crippen LogP contribution in [0, 0.1) is 0 Å². The summed E-state index contributed by atoms with van der Waals surface area (Å²) in [6.07, 6.45) is 1.52. The summed E-state index contributed by atoms with van der Waals surface area (Å²) in [4.78, 5) is 27.0. The van der Waals surface area contributed by atoms with E-state index in [1.165, 1.54) is 30.0 Å². The number of hydrogen-bond donors (Lipinski definition) is 4. The molecule has 0 radical (unpaired) electrons. The average Bonchev–Trinajstić information content (AvgIpc) is 2.80. The van der Waals surface area contributed by atoms with Crippen molar-refractivity contribution in [3.8, 4) is 5.75 Å². The van der Waals surface area contributed by atoms with Gasteiger partial charge in [0.15, 0.2) is 0 Å². The summed E-state index contributed by atoms with van der Waals surface area (Å²) >= 11 is 7.72. The Balaban J connectivity index is 1.81. The molecule has 0 aromatic heterocycles. The van der Waals surface area contributed by atoms with Gasteiger partial charge in [-0.25, -0.2) is 0 Å². The number of rotatable bonds is 8. The largest absolute Gasteiger partial charge is 0.507 e. The predicted octanol–water partition coefficient (Wildman–Crippen LogP) is 4.08. The van der Waals surface area contributed by atoms with Crippen molar-refractivity contribution in [2.24, 2.45) is 0 Å². The molecular weight excluding hydrogens is 448 g/mol. The third kappa shape index (κ3) is 6.37. The molecule has 164 valence electrons. The van der Waals surface area contributed by atoms with E-state index < -0.39 is 11.8 Å². The molecule has 3 rings (SSSR count). The van der Waals surface area contributed by atoms with Crippen LogP contribution in [-0.2, 0) is 4.79 Å². The zero-order valence-corrected chi connectivity index (χ0v) is 18.5. The van der Waals surface area contributed by atoms with Crippen LogP contribution in [0.1, 0.15) is 15.9 Å². The molecule has 4 N–H and O–H groups in total. The molecule has 6 nitrogen and oxygen atoms in total. The van der Waals surface area contributed by atoms with Crippen molar-refractivity contribution in [2.45, 2.75) is 9.79 Å². The Morgan fingerprint density at radius 2 is 1.66 bits per heavy atom. The lowest BCUT2D eigenvalue weighted by Crippen LogP contribution is -2.36. The minimum Gasteiger partial charge on any atom is -0.507 e. The summed E-state index contributed by atoms with van der Waals surface area (Å²) in [5.41, 5.74) is 0.707. The van der Waals surface area contributed by atoms with E-state index in [1.54, 1.807) is 12.1 Å². The minimum absolute atomic E-state index is 0.0155. The molecule has 8 heteroatoms. The minimum atomic E-state index is -0.626. The zero-order valence-electron chi connectivity index (χ0n) is 16.9. The van der Waals surface area contributed by atoms with Gasteiger partial charge >= 0.3 is 0 Å². The molecule has 0 saturated heterocycles. The number of benzene rings is 3. The van der Waals surface area contributed by atoms with Crippen LogP contribution in [0.4, 0.5) is 0 Å². The summed E-state index contributed by atoms with van der Waals surface area (Å²) in [5, 5.41) is 24.6. The molecule has 3 aromatic rings. The molecule has 0 saturated carbocycles. The normalized spacial score (nSPS) is 11.1. The van der Waals surface area contributed by atoms with E-state index >= 15 is 0 Å². The Morgan fingerprint density at radius 1 is 0.969 bits per heavy atom. The molecular formula is C24H21ClN2O4S. The lowest BCUT2D eigenvalue weighted by molar-refractivity contribution is -0.117. The van der Waals surface area contributed by atoms with E-state index in [0.717, 1.165) is 9.79 Å². The van der Waals surface area contributed by atoms with Gasteiger partial charge in [0.2, 0.25) is 0 Å². The maximum absolute atomic E-state index is 12.6. The number of aliphatic hydroxyl groups is 1. The van der Waals surface area contributed by atoms with Crippen molar-refractivity contribution in [1.82, 2.24) is 10.6 Å². The molecule has 0 spiro atoms. The molecule has 0 aliphatic heterocycles. The van der Waals surface area contributed by atoms with Crippen molar-refractivity contribution >= 4 is 41.3 Å². The van der Waals surface area contributed by atoms with Crippen LogP contribution in [0.2, 0.25) is 5.02 Å². The van der Waals surface area contributed by atoms with Gasteiger partial charge < -0.3 is 20.8 Å². The molecule has 32 heavy (non-hydrogen) atoms. The van der Waals surface area contributed by atoms with Gasteiger partial charge in [0.1, 0.15) is 11.4 Å². The Kier molecular flexibility index (Phi) is 8.33. The topological polar surface area (TPSA) is 98.7 Å². The van der Waals surface area contributed by atoms with E-state index in [1.807, 2.05) is 48.5 Å². The number of phenols is 1.